The van der Waals surface area contributed by atoms with Crippen molar-refractivity contribution in [3.8, 4) is 11.1 Å². The minimum atomic E-state index is -0.490. The van der Waals surface area contributed by atoms with Gasteiger partial charge in [0.2, 0.25) is 0 Å². The molecule has 2 fully saturated rings. The van der Waals surface area contributed by atoms with Gasteiger partial charge in [0.15, 0.2) is 0 Å². The van der Waals surface area contributed by atoms with Crippen LogP contribution in [0.4, 0.5) is 34.1 Å². The maximum absolute atomic E-state index is 2.54. The van der Waals surface area contributed by atoms with Gasteiger partial charge in [0.1, 0.15) is 0 Å². The van der Waals surface area contributed by atoms with Gasteiger partial charge < -0.3 is 9.80 Å². The predicted molar refractivity (Wildman–Crippen MR) is 257 cm³/mol. The van der Waals surface area contributed by atoms with Crippen LogP contribution in [0, 0.1) is 11.8 Å². The molecule has 2 unspecified atom stereocenters. The van der Waals surface area contributed by atoms with Gasteiger partial charge in [-0.05, 0) is 136 Å². The van der Waals surface area contributed by atoms with Gasteiger partial charge in [0.05, 0.1) is 27.2 Å². The molecule has 0 saturated heterocycles. The second-order valence-electron chi connectivity index (χ2n) is 18.4. The quantitative estimate of drug-likeness (QED) is 0.171. The molecule has 0 radical (unpaired) electrons. The van der Waals surface area contributed by atoms with E-state index in [1.807, 2.05) is 11.3 Å². The summed E-state index contributed by atoms with van der Waals surface area (Å²) in [5.74, 6) is 1.76. The molecule has 1 spiro atoms. The Morgan fingerprint density at radius 1 is 0.525 bits per heavy atom. The molecule has 3 heteroatoms. The lowest BCUT2D eigenvalue weighted by Crippen LogP contribution is -2.36. The lowest BCUT2D eigenvalue weighted by atomic mass is 9.64. The number of hydrogen-bond acceptors (Lipinski definition) is 3. The van der Waals surface area contributed by atoms with Crippen LogP contribution < -0.4 is 9.80 Å². The Bertz CT molecular complexity index is 3120. The molecule has 294 valence electrons. The molecule has 1 aliphatic heterocycles. The molecule has 2 nitrogen and oxygen atoms in total. The third kappa shape index (κ3) is 5.08. The summed E-state index contributed by atoms with van der Waals surface area (Å²) < 4.78 is 2.64. The van der Waals surface area contributed by atoms with Crippen LogP contribution >= 0.6 is 11.3 Å². The van der Waals surface area contributed by atoms with E-state index in [9.17, 15) is 0 Å². The summed E-state index contributed by atoms with van der Waals surface area (Å²) >= 11 is 1.91. The highest BCUT2D eigenvalue weighted by Gasteiger charge is 2.52. The molecule has 2 bridgehead atoms. The van der Waals surface area contributed by atoms with Crippen molar-refractivity contribution >= 4 is 65.6 Å². The highest BCUT2D eigenvalue weighted by Crippen LogP contribution is 2.64. The highest BCUT2D eigenvalue weighted by molar-refractivity contribution is 7.26. The van der Waals surface area contributed by atoms with E-state index in [4.69, 9.17) is 0 Å². The largest absolute Gasteiger partial charge is 0.310 e. The molecular weight excluding hydrogens is 757 g/mol. The molecule has 3 aliphatic carbocycles. The van der Waals surface area contributed by atoms with E-state index in [0.29, 0.717) is 0 Å². The van der Waals surface area contributed by atoms with Gasteiger partial charge in [-0.25, -0.2) is 0 Å². The zero-order chi connectivity index (χ0) is 40.3. The van der Waals surface area contributed by atoms with Crippen LogP contribution in [0.15, 0.2) is 188 Å². The molecule has 0 N–H and O–H groups in total. The molecular formula is C58H46N2S. The molecule has 8 aromatic carbocycles. The fourth-order valence-corrected chi connectivity index (χ4v) is 13.8. The van der Waals surface area contributed by atoms with E-state index >= 15 is 0 Å². The molecule has 2 saturated carbocycles. The van der Waals surface area contributed by atoms with Crippen molar-refractivity contribution in [3.63, 3.8) is 0 Å². The first kappa shape index (κ1) is 35.3. The van der Waals surface area contributed by atoms with Crippen LogP contribution in [0.3, 0.4) is 0 Å². The van der Waals surface area contributed by atoms with Crippen molar-refractivity contribution in [1.29, 1.82) is 0 Å². The second-order valence-corrected chi connectivity index (χ2v) is 19.4. The first-order valence-corrected chi connectivity index (χ1v) is 23.0. The minimum Gasteiger partial charge on any atom is -0.310 e. The predicted octanol–water partition coefficient (Wildman–Crippen LogP) is 16.1. The Balaban J connectivity index is 1.03. The van der Waals surface area contributed by atoms with E-state index in [1.54, 1.807) is 0 Å². The second kappa shape index (κ2) is 13.3. The number of benzene rings is 8. The number of thiophene rings is 1. The fourth-order valence-electron chi connectivity index (χ4n) is 12.6. The van der Waals surface area contributed by atoms with Crippen LogP contribution in [0.5, 0.6) is 0 Å². The zero-order valence-corrected chi connectivity index (χ0v) is 35.2. The molecule has 61 heavy (non-hydrogen) atoms. The van der Waals surface area contributed by atoms with Crippen molar-refractivity contribution in [2.45, 2.75) is 49.9 Å². The van der Waals surface area contributed by atoms with Gasteiger partial charge in [0.25, 0.3) is 0 Å². The fraction of sp³-hybridized carbons (Fsp3) is 0.172. The van der Waals surface area contributed by atoms with Crippen molar-refractivity contribution in [3.05, 3.63) is 216 Å². The average molecular weight is 803 g/mol. The topological polar surface area (TPSA) is 6.48 Å². The van der Waals surface area contributed by atoms with E-state index in [2.05, 4.69) is 205 Å². The summed E-state index contributed by atoms with van der Waals surface area (Å²) in [5.41, 5.74) is 16.3. The average Bonchev–Trinajstić information content (AvgIpc) is 3.97. The molecule has 9 aromatic rings. The SMILES string of the molecule is CC1(c2ccc(N(c3ccc4c(c3)-c3ccccc3C43c4ccccc4N(c4ccccc4)c4ccccc43)c3cccc4c3sc3ccccc34)cc2)CC2CC[C@@H](C2)C1. The summed E-state index contributed by atoms with van der Waals surface area (Å²) in [4.78, 5) is 5.00. The molecule has 2 heterocycles. The van der Waals surface area contributed by atoms with Crippen LogP contribution in [-0.2, 0) is 10.8 Å². The number of hydrogen-bond donors (Lipinski definition) is 0. The van der Waals surface area contributed by atoms with Gasteiger partial charge in [-0.15, -0.1) is 11.3 Å². The monoisotopic (exact) mass is 802 g/mol. The zero-order valence-electron chi connectivity index (χ0n) is 34.4. The van der Waals surface area contributed by atoms with Crippen molar-refractivity contribution in [2.24, 2.45) is 11.8 Å². The third-order valence-corrected chi connectivity index (χ3v) is 16.2. The van der Waals surface area contributed by atoms with E-state index < -0.39 is 5.41 Å². The molecule has 3 atom stereocenters. The van der Waals surface area contributed by atoms with E-state index in [1.165, 1.54) is 125 Å². The standard InChI is InChI=1S/C58H46N2S/c1-57(36-38-26-27-39(34-38)37-57)40-28-30-42(31-29-40)59(54-24-13-18-46-45-17-6-12-25-55(45)61-56(46)54)43-32-33-49-47(35-43)44-16-5-7-19-48(44)58(49)50-20-8-10-22-52(50)60(41-14-3-2-4-15-41)53-23-11-9-21-51(53)58/h2-25,28-33,35,38-39H,26-27,34,36-37H2,1H3/t38-,39?,57?/m0/s1. The van der Waals surface area contributed by atoms with Gasteiger partial charge in [0, 0.05) is 32.5 Å². The van der Waals surface area contributed by atoms with E-state index in [-0.39, 0.29) is 5.41 Å². The normalized spacial score (nSPS) is 20.4. The van der Waals surface area contributed by atoms with Crippen LogP contribution in [-0.4, -0.2) is 0 Å². The smallest absolute Gasteiger partial charge is 0.0754 e. The van der Waals surface area contributed by atoms with Crippen molar-refractivity contribution < 1.29 is 0 Å². The summed E-state index contributed by atoms with van der Waals surface area (Å²) in [6.45, 7) is 2.54. The number of nitrogens with zero attached hydrogens (tertiary/aromatic N) is 2. The first-order valence-electron chi connectivity index (χ1n) is 22.2. The number of anilines is 6. The molecule has 1 aromatic heterocycles. The Morgan fingerprint density at radius 3 is 1.89 bits per heavy atom. The summed E-state index contributed by atoms with van der Waals surface area (Å²) in [7, 11) is 0. The Labute approximate surface area is 362 Å². The van der Waals surface area contributed by atoms with Crippen LogP contribution in [0.25, 0.3) is 31.3 Å². The Kier molecular flexibility index (Phi) is 7.70. The van der Waals surface area contributed by atoms with Gasteiger partial charge in [-0.3, -0.25) is 0 Å². The van der Waals surface area contributed by atoms with Gasteiger partial charge in [-0.1, -0.05) is 147 Å². The summed E-state index contributed by atoms with van der Waals surface area (Å²) in [6.07, 6.45) is 6.89. The third-order valence-electron chi connectivity index (χ3n) is 15.0. The molecule has 4 aliphatic rings. The molecule has 0 amide bonds. The highest BCUT2D eigenvalue weighted by atomic mass is 32.1. The Morgan fingerprint density at radius 2 is 1.13 bits per heavy atom. The minimum absolute atomic E-state index is 0.243. The van der Waals surface area contributed by atoms with Crippen LogP contribution in [0.2, 0.25) is 0 Å². The van der Waals surface area contributed by atoms with Crippen LogP contribution in [0.1, 0.15) is 66.8 Å². The summed E-state index contributed by atoms with van der Waals surface area (Å²) in [6, 6.07) is 71.1. The lowest BCUT2D eigenvalue weighted by Gasteiger charge is -2.45. The van der Waals surface area contributed by atoms with Gasteiger partial charge >= 0.3 is 0 Å². The maximum Gasteiger partial charge on any atom is 0.0754 e. The first-order chi connectivity index (χ1) is 30.1. The van der Waals surface area contributed by atoms with Crippen molar-refractivity contribution in [1.82, 2.24) is 0 Å². The number of fused-ring (bicyclic) bond motifs is 14. The lowest BCUT2D eigenvalue weighted by molar-refractivity contribution is 0.232. The number of rotatable bonds is 5. The van der Waals surface area contributed by atoms with Crippen molar-refractivity contribution in [2.75, 3.05) is 9.80 Å². The van der Waals surface area contributed by atoms with E-state index in [0.717, 1.165) is 11.8 Å². The number of para-hydroxylation sites is 3. The molecule has 13 rings (SSSR count). The maximum atomic E-state index is 2.54. The Hall–Kier alpha value is -6.42. The summed E-state index contributed by atoms with van der Waals surface area (Å²) in [5, 5.41) is 2.64. The van der Waals surface area contributed by atoms with Gasteiger partial charge in [-0.2, -0.15) is 0 Å².